The van der Waals surface area contributed by atoms with E-state index in [0.29, 0.717) is 11.1 Å². The molecular weight excluding hydrogens is 506 g/mol. The Labute approximate surface area is 229 Å². The summed E-state index contributed by atoms with van der Waals surface area (Å²) in [5.74, 6) is -2.99. The molecule has 0 aliphatic carbocycles. The Morgan fingerprint density at radius 2 is 1.57 bits per heavy atom. The number of nitrogens with zero attached hydrogens (tertiary/aromatic N) is 3. The Morgan fingerprint density at radius 3 is 2.35 bits per heavy atom. The second-order valence-electron chi connectivity index (χ2n) is 10.4. The predicted octanol–water partition coefficient (Wildman–Crippen LogP) is 5.33. The normalized spacial score (nSPS) is 22.8. The second-order valence-corrected chi connectivity index (χ2v) is 10.4. The average molecular weight is 530 g/mol. The quantitative estimate of drug-likeness (QED) is 0.153. The van der Waals surface area contributed by atoms with Gasteiger partial charge in [-0.1, -0.05) is 78.9 Å². The summed E-state index contributed by atoms with van der Waals surface area (Å²) in [7, 11) is 0. The summed E-state index contributed by atoms with van der Waals surface area (Å²) in [5.41, 5.74) is 2.72. The number of carbonyl (C=O) groups excluding carboxylic acids is 3. The summed E-state index contributed by atoms with van der Waals surface area (Å²) < 4.78 is 0. The summed E-state index contributed by atoms with van der Waals surface area (Å²) in [4.78, 5) is 56.4. The number of carbonyl (C=O) groups is 3. The minimum Gasteiger partial charge on any atom is -0.352 e. The molecule has 7 rings (SSSR count). The first-order valence-electron chi connectivity index (χ1n) is 13.1. The number of ketones is 1. The standard InChI is InChI=1S/C32H23N3O5/c1-18-11-13-21(35(39)40)17-26(18)34-31(37)27-25-16-14-23-22-10-6-5-7-19(22)12-15-24(23)33(25)29(28(27)32(34)38)30(36)20-8-3-2-4-9-20/h2-17,25,27-29H,1H3/t25-,27-,28+,29-/m0/s1. The van der Waals surface area contributed by atoms with Gasteiger partial charge in [0, 0.05) is 28.9 Å². The summed E-state index contributed by atoms with van der Waals surface area (Å²) in [6.07, 6.45) is 3.89. The van der Waals surface area contributed by atoms with Crippen LogP contribution in [0.4, 0.5) is 17.1 Å². The van der Waals surface area contributed by atoms with E-state index in [1.165, 1.54) is 18.2 Å². The molecule has 40 heavy (non-hydrogen) atoms. The third kappa shape index (κ3) is 3.29. The van der Waals surface area contributed by atoms with Crippen molar-refractivity contribution in [2.45, 2.75) is 19.0 Å². The highest BCUT2D eigenvalue weighted by Gasteiger charge is 2.64. The van der Waals surface area contributed by atoms with Crippen molar-refractivity contribution in [2.24, 2.45) is 11.8 Å². The molecule has 0 bridgehead atoms. The van der Waals surface area contributed by atoms with Crippen LogP contribution in [-0.4, -0.2) is 34.6 Å². The van der Waals surface area contributed by atoms with E-state index < -0.39 is 40.7 Å². The van der Waals surface area contributed by atoms with Crippen molar-refractivity contribution in [3.8, 4) is 0 Å². The van der Waals surface area contributed by atoms with E-state index in [9.17, 15) is 24.5 Å². The third-order valence-electron chi connectivity index (χ3n) is 8.38. The molecule has 0 saturated carbocycles. The van der Waals surface area contributed by atoms with E-state index in [4.69, 9.17) is 0 Å². The van der Waals surface area contributed by atoms with Crippen LogP contribution in [0.1, 0.15) is 21.5 Å². The fraction of sp³-hybridized carbons (Fsp3) is 0.156. The van der Waals surface area contributed by atoms with Gasteiger partial charge in [0.2, 0.25) is 11.8 Å². The molecule has 2 saturated heterocycles. The molecule has 3 aliphatic rings. The minimum atomic E-state index is -0.953. The van der Waals surface area contributed by atoms with Crippen molar-refractivity contribution >= 4 is 51.5 Å². The van der Waals surface area contributed by atoms with Crippen LogP contribution in [0.25, 0.3) is 16.8 Å². The van der Waals surface area contributed by atoms with Gasteiger partial charge in [-0.3, -0.25) is 24.5 Å². The molecule has 3 aliphatic heterocycles. The molecule has 4 atom stereocenters. The van der Waals surface area contributed by atoms with Crippen LogP contribution in [0.5, 0.6) is 0 Å². The first kappa shape index (κ1) is 24.0. The van der Waals surface area contributed by atoms with Crippen LogP contribution in [0.15, 0.2) is 91.0 Å². The van der Waals surface area contributed by atoms with Crippen LogP contribution < -0.4 is 9.80 Å². The number of fused-ring (bicyclic) bond motifs is 7. The van der Waals surface area contributed by atoms with Gasteiger partial charge in [-0.25, -0.2) is 4.90 Å². The molecule has 0 aromatic heterocycles. The highest BCUT2D eigenvalue weighted by atomic mass is 16.6. The number of nitro groups is 1. The van der Waals surface area contributed by atoms with Crippen LogP contribution in [0.3, 0.4) is 0 Å². The number of aryl methyl sites for hydroxylation is 1. The number of imide groups is 1. The van der Waals surface area contributed by atoms with E-state index >= 15 is 0 Å². The molecule has 3 heterocycles. The zero-order valence-corrected chi connectivity index (χ0v) is 21.4. The van der Waals surface area contributed by atoms with Gasteiger partial charge in [0.25, 0.3) is 5.69 Å². The Hall–Kier alpha value is -5.11. The molecule has 196 valence electrons. The van der Waals surface area contributed by atoms with Gasteiger partial charge in [-0.2, -0.15) is 0 Å². The largest absolute Gasteiger partial charge is 0.352 e. The highest BCUT2D eigenvalue weighted by Crippen LogP contribution is 2.51. The Bertz CT molecular complexity index is 1800. The summed E-state index contributed by atoms with van der Waals surface area (Å²) in [6, 6.07) is 23.4. The summed E-state index contributed by atoms with van der Waals surface area (Å²) >= 11 is 0. The summed E-state index contributed by atoms with van der Waals surface area (Å²) in [6.45, 7) is 1.70. The zero-order chi connectivity index (χ0) is 27.7. The molecule has 0 N–H and O–H groups in total. The van der Waals surface area contributed by atoms with E-state index in [2.05, 4.69) is 0 Å². The van der Waals surface area contributed by atoms with Gasteiger partial charge in [-0.15, -0.1) is 0 Å². The predicted molar refractivity (Wildman–Crippen MR) is 151 cm³/mol. The van der Waals surface area contributed by atoms with Gasteiger partial charge in [0.1, 0.15) is 6.04 Å². The number of benzene rings is 4. The van der Waals surface area contributed by atoms with Gasteiger partial charge >= 0.3 is 0 Å². The van der Waals surface area contributed by atoms with Crippen LogP contribution in [0.2, 0.25) is 0 Å². The zero-order valence-electron chi connectivity index (χ0n) is 21.4. The topological polar surface area (TPSA) is 101 Å². The van der Waals surface area contributed by atoms with Gasteiger partial charge in [-0.05, 0) is 29.3 Å². The molecule has 4 aromatic carbocycles. The van der Waals surface area contributed by atoms with Crippen molar-refractivity contribution in [3.05, 3.63) is 118 Å². The maximum Gasteiger partial charge on any atom is 0.271 e. The van der Waals surface area contributed by atoms with E-state index in [1.807, 2.05) is 59.5 Å². The molecule has 0 unspecified atom stereocenters. The molecule has 2 fully saturated rings. The van der Waals surface area contributed by atoms with E-state index in [-0.39, 0.29) is 17.2 Å². The Morgan fingerprint density at radius 1 is 0.850 bits per heavy atom. The lowest BCUT2D eigenvalue weighted by Gasteiger charge is -2.37. The molecule has 2 amide bonds. The third-order valence-corrected chi connectivity index (χ3v) is 8.38. The monoisotopic (exact) mass is 529 g/mol. The number of hydrogen-bond acceptors (Lipinski definition) is 6. The molecule has 0 radical (unpaired) electrons. The van der Waals surface area contributed by atoms with Crippen molar-refractivity contribution in [1.82, 2.24) is 0 Å². The van der Waals surface area contributed by atoms with Crippen molar-refractivity contribution < 1.29 is 19.3 Å². The highest BCUT2D eigenvalue weighted by molar-refractivity contribution is 6.26. The minimum absolute atomic E-state index is 0.183. The smallest absolute Gasteiger partial charge is 0.271 e. The Balaban J connectivity index is 1.40. The summed E-state index contributed by atoms with van der Waals surface area (Å²) in [5, 5.41) is 13.6. The fourth-order valence-corrected chi connectivity index (χ4v) is 6.59. The van der Waals surface area contributed by atoms with Gasteiger partial charge in [0.05, 0.1) is 28.5 Å². The number of nitro benzene ring substituents is 1. The van der Waals surface area contributed by atoms with Gasteiger partial charge < -0.3 is 4.90 Å². The van der Waals surface area contributed by atoms with Crippen molar-refractivity contribution in [3.63, 3.8) is 0 Å². The number of Topliss-reactive ketones (excluding diaryl/α,β-unsaturated/α-hetero) is 1. The van der Waals surface area contributed by atoms with Gasteiger partial charge in [0.15, 0.2) is 5.78 Å². The maximum absolute atomic E-state index is 14.2. The lowest BCUT2D eigenvalue weighted by Crippen LogP contribution is -2.49. The van der Waals surface area contributed by atoms with E-state index in [1.54, 1.807) is 31.2 Å². The maximum atomic E-state index is 14.2. The number of non-ortho nitro benzene ring substituents is 1. The molecule has 4 aromatic rings. The fourth-order valence-electron chi connectivity index (χ4n) is 6.59. The van der Waals surface area contributed by atoms with Crippen LogP contribution in [0, 0.1) is 28.9 Å². The SMILES string of the molecule is Cc1ccc([N+](=O)[O-])cc1N1C(=O)[C@@H]2[C@@H](C1=O)[C@@H]1C=Cc3c(ccc4ccccc34)N1[C@@H]2C(=O)c1ccccc1. The van der Waals surface area contributed by atoms with E-state index in [0.717, 1.165) is 26.9 Å². The van der Waals surface area contributed by atoms with Crippen LogP contribution in [-0.2, 0) is 9.59 Å². The number of amides is 2. The van der Waals surface area contributed by atoms with Crippen molar-refractivity contribution in [1.29, 1.82) is 0 Å². The number of hydrogen-bond donors (Lipinski definition) is 0. The molecule has 0 spiro atoms. The first-order chi connectivity index (χ1) is 19.4. The number of anilines is 2. The molecule has 8 heteroatoms. The number of rotatable bonds is 4. The van der Waals surface area contributed by atoms with Crippen molar-refractivity contribution in [2.75, 3.05) is 9.80 Å². The Kier molecular flexibility index (Phi) is 5.22. The lowest BCUT2D eigenvalue weighted by atomic mass is 9.86. The average Bonchev–Trinajstić information content (AvgIpc) is 3.45. The first-order valence-corrected chi connectivity index (χ1v) is 13.1. The second kappa shape index (κ2) is 8.71. The lowest BCUT2D eigenvalue weighted by molar-refractivity contribution is -0.384. The molecular formula is C32H23N3O5. The van der Waals surface area contributed by atoms with Crippen LogP contribution >= 0.6 is 0 Å². The molecule has 8 nitrogen and oxygen atoms in total.